The van der Waals surface area contributed by atoms with Crippen molar-refractivity contribution in [1.82, 2.24) is 10.6 Å². The molecule has 1 amide bonds. The predicted molar refractivity (Wildman–Crippen MR) is 81.4 cm³/mol. The zero-order chi connectivity index (χ0) is 15.4. The summed E-state index contributed by atoms with van der Waals surface area (Å²) in [5.74, 6) is 0.664. The SMILES string of the molecule is CNC1COCC1C(=O)NC(C)c1cc(C)ccc1OC. The minimum atomic E-state index is -0.145. The second kappa shape index (κ2) is 6.91. The zero-order valence-corrected chi connectivity index (χ0v) is 13.1. The second-order valence-electron chi connectivity index (χ2n) is 5.51. The Morgan fingerprint density at radius 1 is 1.43 bits per heavy atom. The molecule has 0 radical (unpaired) electrons. The first-order valence-electron chi connectivity index (χ1n) is 7.26. The first kappa shape index (κ1) is 15.8. The van der Waals surface area contributed by atoms with Crippen molar-refractivity contribution in [3.8, 4) is 5.75 Å². The summed E-state index contributed by atoms with van der Waals surface area (Å²) in [6.45, 7) is 5.05. The normalized spacial score (nSPS) is 22.9. The Bertz CT molecular complexity index is 504. The van der Waals surface area contributed by atoms with Crippen LogP contribution in [0.15, 0.2) is 18.2 Å². The number of hydrogen-bond acceptors (Lipinski definition) is 4. The lowest BCUT2D eigenvalue weighted by Crippen LogP contribution is -2.43. The lowest BCUT2D eigenvalue weighted by molar-refractivity contribution is -0.126. The molecule has 5 nitrogen and oxygen atoms in total. The molecular formula is C16H24N2O3. The van der Waals surface area contributed by atoms with Crippen LogP contribution in [0, 0.1) is 12.8 Å². The van der Waals surface area contributed by atoms with Gasteiger partial charge in [-0.2, -0.15) is 0 Å². The Morgan fingerprint density at radius 3 is 2.86 bits per heavy atom. The van der Waals surface area contributed by atoms with E-state index in [1.807, 2.05) is 39.1 Å². The average Bonchev–Trinajstić information content (AvgIpc) is 2.95. The van der Waals surface area contributed by atoms with E-state index in [4.69, 9.17) is 9.47 Å². The Balaban J connectivity index is 2.09. The van der Waals surface area contributed by atoms with Crippen molar-refractivity contribution in [2.75, 3.05) is 27.4 Å². The highest BCUT2D eigenvalue weighted by molar-refractivity contribution is 5.80. The lowest BCUT2D eigenvalue weighted by atomic mass is 10.0. The molecule has 1 saturated heterocycles. The predicted octanol–water partition coefficient (Wildman–Crippen LogP) is 1.42. The largest absolute Gasteiger partial charge is 0.496 e. The fourth-order valence-corrected chi connectivity index (χ4v) is 2.69. The average molecular weight is 292 g/mol. The van der Waals surface area contributed by atoms with Crippen molar-refractivity contribution in [3.05, 3.63) is 29.3 Å². The third kappa shape index (κ3) is 3.54. The highest BCUT2D eigenvalue weighted by Crippen LogP contribution is 2.26. The van der Waals surface area contributed by atoms with Gasteiger partial charge in [-0.3, -0.25) is 4.79 Å². The van der Waals surface area contributed by atoms with Gasteiger partial charge in [-0.15, -0.1) is 0 Å². The van der Waals surface area contributed by atoms with E-state index >= 15 is 0 Å². The summed E-state index contributed by atoms with van der Waals surface area (Å²) in [6, 6.07) is 5.95. The molecule has 1 aromatic rings. The lowest BCUT2D eigenvalue weighted by Gasteiger charge is -2.22. The van der Waals surface area contributed by atoms with Crippen LogP contribution in [0.25, 0.3) is 0 Å². The van der Waals surface area contributed by atoms with Crippen molar-refractivity contribution < 1.29 is 14.3 Å². The third-order valence-corrected chi connectivity index (χ3v) is 4.00. The van der Waals surface area contributed by atoms with Gasteiger partial charge in [-0.25, -0.2) is 0 Å². The molecule has 1 fully saturated rings. The van der Waals surface area contributed by atoms with E-state index < -0.39 is 0 Å². The van der Waals surface area contributed by atoms with Gasteiger partial charge in [0.15, 0.2) is 0 Å². The molecule has 2 N–H and O–H groups in total. The number of nitrogens with one attached hydrogen (secondary N) is 2. The van der Waals surface area contributed by atoms with Crippen LogP contribution < -0.4 is 15.4 Å². The highest BCUT2D eigenvalue weighted by atomic mass is 16.5. The summed E-state index contributed by atoms with van der Waals surface area (Å²) >= 11 is 0. The van der Waals surface area contributed by atoms with Crippen molar-refractivity contribution in [1.29, 1.82) is 0 Å². The van der Waals surface area contributed by atoms with Gasteiger partial charge in [0.25, 0.3) is 0 Å². The fraction of sp³-hybridized carbons (Fsp3) is 0.562. The summed E-state index contributed by atoms with van der Waals surface area (Å²) < 4.78 is 10.8. The van der Waals surface area contributed by atoms with E-state index in [2.05, 4.69) is 10.6 Å². The molecule has 5 heteroatoms. The summed E-state index contributed by atoms with van der Waals surface area (Å²) in [5, 5.41) is 6.19. The zero-order valence-electron chi connectivity index (χ0n) is 13.1. The molecule has 3 atom stereocenters. The van der Waals surface area contributed by atoms with Gasteiger partial charge in [0.2, 0.25) is 5.91 Å². The van der Waals surface area contributed by atoms with Crippen LogP contribution in [0.3, 0.4) is 0 Å². The van der Waals surface area contributed by atoms with E-state index in [0.29, 0.717) is 13.2 Å². The Morgan fingerprint density at radius 2 is 2.19 bits per heavy atom. The molecule has 1 aliphatic heterocycles. The number of hydrogen-bond donors (Lipinski definition) is 2. The summed E-state index contributed by atoms with van der Waals surface area (Å²) in [5.41, 5.74) is 2.13. The minimum Gasteiger partial charge on any atom is -0.496 e. The maximum atomic E-state index is 12.4. The van der Waals surface area contributed by atoms with Gasteiger partial charge < -0.3 is 20.1 Å². The van der Waals surface area contributed by atoms with Gasteiger partial charge in [-0.05, 0) is 27.0 Å². The maximum absolute atomic E-state index is 12.4. The smallest absolute Gasteiger partial charge is 0.227 e. The number of carbonyl (C=O) groups excluding carboxylic acids is 1. The maximum Gasteiger partial charge on any atom is 0.227 e. The molecular weight excluding hydrogens is 268 g/mol. The molecule has 1 heterocycles. The second-order valence-corrected chi connectivity index (χ2v) is 5.51. The molecule has 0 spiro atoms. The van der Waals surface area contributed by atoms with Crippen LogP contribution in [-0.4, -0.2) is 39.3 Å². The van der Waals surface area contributed by atoms with E-state index in [1.165, 1.54) is 0 Å². The van der Waals surface area contributed by atoms with Crippen molar-refractivity contribution in [2.45, 2.75) is 25.9 Å². The number of methoxy groups -OCH3 is 1. The van der Waals surface area contributed by atoms with Gasteiger partial charge >= 0.3 is 0 Å². The van der Waals surface area contributed by atoms with E-state index in [9.17, 15) is 4.79 Å². The summed E-state index contributed by atoms with van der Waals surface area (Å²) in [7, 11) is 3.50. The molecule has 0 aromatic heterocycles. The van der Waals surface area contributed by atoms with Gasteiger partial charge in [0.1, 0.15) is 5.75 Å². The van der Waals surface area contributed by atoms with Crippen LogP contribution in [0.5, 0.6) is 5.75 Å². The molecule has 0 bridgehead atoms. The Labute approximate surface area is 126 Å². The van der Waals surface area contributed by atoms with Crippen LogP contribution in [-0.2, 0) is 9.53 Å². The Hall–Kier alpha value is -1.59. The number of amides is 1. The number of rotatable bonds is 5. The fourth-order valence-electron chi connectivity index (χ4n) is 2.69. The molecule has 3 unspecified atom stereocenters. The topological polar surface area (TPSA) is 59.6 Å². The summed E-state index contributed by atoms with van der Waals surface area (Å²) in [4.78, 5) is 12.4. The van der Waals surface area contributed by atoms with E-state index in [1.54, 1.807) is 7.11 Å². The molecule has 1 aliphatic rings. The molecule has 2 rings (SSSR count). The molecule has 0 saturated carbocycles. The van der Waals surface area contributed by atoms with Crippen molar-refractivity contribution >= 4 is 5.91 Å². The molecule has 0 aliphatic carbocycles. The number of likely N-dealkylation sites (N-methyl/N-ethyl adjacent to an activating group) is 1. The first-order valence-corrected chi connectivity index (χ1v) is 7.26. The van der Waals surface area contributed by atoms with Gasteiger partial charge in [0, 0.05) is 11.6 Å². The highest BCUT2D eigenvalue weighted by Gasteiger charge is 2.33. The number of benzene rings is 1. The third-order valence-electron chi connectivity index (χ3n) is 4.00. The van der Waals surface area contributed by atoms with Crippen molar-refractivity contribution in [2.24, 2.45) is 5.92 Å². The number of ether oxygens (including phenoxy) is 2. The number of aryl methyl sites for hydroxylation is 1. The van der Waals surface area contributed by atoms with E-state index in [0.717, 1.165) is 16.9 Å². The minimum absolute atomic E-state index is 0.0166. The summed E-state index contributed by atoms with van der Waals surface area (Å²) in [6.07, 6.45) is 0. The Kier molecular flexibility index (Phi) is 5.20. The monoisotopic (exact) mass is 292 g/mol. The van der Waals surface area contributed by atoms with Crippen LogP contribution in [0.2, 0.25) is 0 Å². The molecule has 116 valence electrons. The van der Waals surface area contributed by atoms with Gasteiger partial charge in [-0.1, -0.05) is 17.7 Å². The van der Waals surface area contributed by atoms with Crippen LogP contribution in [0.4, 0.5) is 0 Å². The quantitative estimate of drug-likeness (QED) is 0.861. The molecule has 21 heavy (non-hydrogen) atoms. The first-order chi connectivity index (χ1) is 10.1. The van der Waals surface area contributed by atoms with Crippen LogP contribution >= 0.6 is 0 Å². The van der Waals surface area contributed by atoms with E-state index in [-0.39, 0.29) is 23.9 Å². The van der Waals surface area contributed by atoms with Crippen molar-refractivity contribution in [3.63, 3.8) is 0 Å². The standard InChI is InChI=1S/C16H24N2O3/c1-10-5-6-15(20-4)12(7-10)11(2)18-16(19)13-8-21-9-14(13)17-3/h5-7,11,13-14,17H,8-9H2,1-4H3,(H,18,19). The number of carbonyl (C=O) groups is 1. The van der Waals surface area contributed by atoms with Crippen LogP contribution in [0.1, 0.15) is 24.1 Å². The molecule has 1 aromatic carbocycles. The van der Waals surface area contributed by atoms with Gasteiger partial charge in [0.05, 0.1) is 32.3 Å².